The Labute approximate surface area is 180 Å². The van der Waals surface area contributed by atoms with E-state index in [0.29, 0.717) is 28.1 Å². The van der Waals surface area contributed by atoms with Gasteiger partial charge in [0.1, 0.15) is 11.5 Å². The third-order valence-corrected chi connectivity index (χ3v) is 5.73. The number of aryl methyl sites for hydroxylation is 3. The second-order valence-corrected chi connectivity index (χ2v) is 8.89. The standard InChI is InChI=1S/C22H20N4O4S/c1-14-4-6-18(7-5-14)25-19(27)13-31(28,29)22-24-9-8-20(26-22)30-21-15(2)10-17(12-23)11-16(21)3/h4-11H,13H2,1-3H3,(H,25,27). The van der Waals surface area contributed by atoms with Gasteiger partial charge in [0.05, 0.1) is 11.6 Å². The average Bonchev–Trinajstić information content (AvgIpc) is 2.72. The molecule has 0 saturated carbocycles. The van der Waals surface area contributed by atoms with Crippen molar-refractivity contribution in [3.63, 3.8) is 0 Å². The van der Waals surface area contributed by atoms with Gasteiger partial charge in [-0.1, -0.05) is 17.7 Å². The molecule has 31 heavy (non-hydrogen) atoms. The van der Waals surface area contributed by atoms with Crippen molar-refractivity contribution < 1.29 is 17.9 Å². The molecule has 158 valence electrons. The molecule has 0 aliphatic heterocycles. The topological polar surface area (TPSA) is 122 Å². The molecule has 0 atom stereocenters. The first-order chi connectivity index (χ1) is 14.7. The minimum Gasteiger partial charge on any atom is -0.438 e. The first kappa shape index (κ1) is 21.9. The summed E-state index contributed by atoms with van der Waals surface area (Å²) in [7, 11) is -4.09. The number of nitriles is 1. The van der Waals surface area contributed by atoms with E-state index in [4.69, 9.17) is 10.00 Å². The van der Waals surface area contributed by atoms with E-state index in [1.54, 1.807) is 50.2 Å². The van der Waals surface area contributed by atoms with Crippen molar-refractivity contribution in [3.8, 4) is 17.7 Å². The highest BCUT2D eigenvalue weighted by molar-refractivity contribution is 7.92. The van der Waals surface area contributed by atoms with E-state index < -0.39 is 26.7 Å². The molecule has 0 bridgehead atoms. The molecule has 0 aliphatic rings. The van der Waals surface area contributed by atoms with Gasteiger partial charge in [0.15, 0.2) is 0 Å². The third kappa shape index (κ3) is 5.43. The van der Waals surface area contributed by atoms with E-state index in [9.17, 15) is 13.2 Å². The highest BCUT2D eigenvalue weighted by Crippen LogP contribution is 2.29. The molecule has 0 saturated heterocycles. The number of hydrogen-bond donors (Lipinski definition) is 1. The number of amides is 1. The predicted molar refractivity (Wildman–Crippen MR) is 115 cm³/mol. The number of benzene rings is 2. The van der Waals surface area contributed by atoms with Crippen molar-refractivity contribution in [1.82, 2.24) is 9.97 Å². The second-order valence-electron chi connectivity index (χ2n) is 7.00. The molecule has 1 heterocycles. The lowest BCUT2D eigenvalue weighted by Crippen LogP contribution is -2.24. The van der Waals surface area contributed by atoms with Crippen LogP contribution in [0.15, 0.2) is 53.8 Å². The Bertz CT molecular complexity index is 1260. The zero-order valence-corrected chi connectivity index (χ0v) is 18.0. The maximum Gasteiger partial charge on any atom is 0.250 e. The van der Waals surface area contributed by atoms with Gasteiger partial charge in [-0.2, -0.15) is 10.2 Å². The number of carbonyl (C=O) groups is 1. The maximum absolute atomic E-state index is 12.6. The molecule has 0 radical (unpaired) electrons. The summed E-state index contributed by atoms with van der Waals surface area (Å²) in [6.07, 6.45) is 1.25. The van der Waals surface area contributed by atoms with E-state index in [0.717, 1.165) is 5.56 Å². The van der Waals surface area contributed by atoms with Crippen molar-refractivity contribution in [1.29, 1.82) is 5.26 Å². The van der Waals surface area contributed by atoms with Crippen LogP contribution in [-0.2, 0) is 14.6 Å². The lowest BCUT2D eigenvalue weighted by Gasteiger charge is -2.12. The summed E-state index contributed by atoms with van der Waals surface area (Å²) < 4.78 is 31.0. The fourth-order valence-corrected chi connectivity index (χ4v) is 3.88. The Balaban J connectivity index is 1.78. The minimum atomic E-state index is -4.09. The molecular formula is C22H20N4O4S. The highest BCUT2D eigenvalue weighted by Gasteiger charge is 2.23. The van der Waals surface area contributed by atoms with Crippen LogP contribution in [-0.4, -0.2) is 30.0 Å². The lowest BCUT2D eigenvalue weighted by atomic mass is 10.1. The number of aromatic nitrogens is 2. The van der Waals surface area contributed by atoms with Gasteiger partial charge in [-0.15, -0.1) is 0 Å². The van der Waals surface area contributed by atoms with Gasteiger partial charge in [-0.05, 0) is 56.2 Å². The number of hydrogen-bond acceptors (Lipinski definition) is 7. The zero-order chi connectivity index (χ0) is 22.6. The number of sulfone groups is 1. The number of carbonyl (C=O) groups excluding carboxylic acids is 1. The summed E-state index contributed by atoms with van der Waals surface area (Å²) in [6.45, 7) is 5.46. The molecule has 0 unspecified atom stereocenters. The summed E-state index contributed by atoms with van der Waals surface area (Å²) >= 11 is 0. The van der Waals surface area contributed by atoms with E-state index in [1.807, 2.05) is 6.92 Å². The largest absolute Gasteiger partial charge is 0.438 e. The van der Waals surface area contributed by atoms with Gasteiger partial charge in [0.2, 0.25) is 21.6 Å². The summed E-state index contributed by atoms with van der Waals surface area (Å²) in [5.41, 5.74) is 3.42. The summed E-state index contributed by atoms with van der Waals surface area (Å²) in [6, 6.07) is 13.8. The monoisotopic (exact) mass is 436 g/mol. The van der Waals surface area contributed by atoms with Crippen LogP contribution < -0.4 is 10.1 Å². The fourth-order valence-electron chi connectivity index (χ4n) is 2.88. The van der Waals surface area contributed by atoms with Gasteiger partial charge in [-0.25, -0.2) is 13.4 Å². The molecule has 1 amide bonds. The molecule has 0 fully saturated rings. The van der Waals surface area contributed by atoms with Crippen LogP contribution >= 0.6 is 0 Å². The summed E-state index contributed by atoms with van der Waals surface area (Å²) in [5, 5.41) is 11.1. The van der Waals surface area contributed by atoms with Crippen LogP contribution in [0.25, 0.3) is 0 Å². The number of anilines is 1. The Morgan fingerprint density at radius 2 is 1.74 bits per heavy atom. The predicted octanol–water partition coefficient (Wildman–Crippen LogP) is 3.48. The van der Waals surface area contributed by atoms with Crippen LogP contribution in [0.4, 0.5) is 5.69 Å². The smallest absolute Gasteiger partial charge is 0.250 e. The number of ether oxygens (including phenoxy) is 1. The Morgan fingerprint density at radius 3 is 2.35 bits per heavy atom. The minimum absolute atomic E-state index is 0.0171. The lowest BCUT2D eigenvalue weighted by molar-refractivity contribution is -0.113. The van der Waals surface area contributed by atoms with E-state index in [-0.39, 0.29) is 5.88 Å². The second kappa shape index (κ2) is 8.93. The molecule has 3 rings (SSSR count). The quantitative estimate of drug-likeness (QED) is 0.587. The third-order valence-electron chi connectivity index (χ3n) is 4.34. The molecule has 3 aromatic rings. The first-order valence-electron chi connectivity index (χ1n) is 9.29. The van der Waals surface area contributed by atoms with Crippen molar-refractivity contribution in [2.75, 3.05) is 11.1 Å². The van der Waals surface area contributed by atoms with Gasteiger partial charge in [-0.3, -0.25) is 4.79 Å². The van der Waals surface area contributed by atoms with E-state index >= 15 is 0 Å². The van der Waals surface area contributed by atoms with Crippen molar-refractivity contribution in [2.24, 2.45) is 0 Å². The Morgan fingerprint density at radius 1 is 1.10 bits per heavy atom. The van der Waals surface area contributed by atoms with Crippen LogP contribution in [0.3, 0.4) is 0 Å². The molecule has 0 aliphatic carbocycles. The maximum atomic E-state index is 12.6. The highest BCUT2D eigenvalue weighted by atomic mass is 32.2. The van der Waals surface area contributed by atoms with Gasteiger partial charge in [0, 0.05) is 18.0 Å². The number of rotatable bonds is 6. The molecule has 9 heteroatoms. The normalized spacial score (nSPS) is 10.9. The van der Waals surface area contributed by atoms with Gasteiger partial charge >= 0.3 is 0 Å². The molecular weight excluding hydrogens is 416 g/mol. The van der Waals surface area contributed by atoms with Crippen LogP contribution in [0.2, 0.25) is 0 Å². The SMILES string of the molecule is Cc1ccc(NC(=O)CS(=O)(=O)c2nccc(Oc3c(C)cc(C#N)cc3C)n2)cc1. The molecule has 1 N–H and O–H groups in total. The summed E-state index contributed by atoms with van der Waals surface area (Å²) in [4.78, 5) is 20.0. The van der Waals surface area contributed by atoms with Crippen molar-refractivity contribution >= 4 is 21.4 Å². The zero-order valence-electron chi connectivity index (χ0n) is 17.2. The van der Waals surface area contributed by atoms with E-state index in [1.165, 1.54) is 12.3 Å². The van der Waals surface area contributed by atoms with E-state index in [2.05, 4.69) is 21.4 Å². The first-order valence-corrected chi connectivity index (χ1v) is 10.9. The van der Waals surface area contributed by atoms with Crippen molar-refractivity contribution in [2.45, 2.75) is 25.9 Å². The van der Waals surface area contributed by atoms with Gasteiger partial charge in [0.25, 0.3) is 5.16 Å². The molecule has 1 aromatic heterocycles. The van der Waals surface area contributed by atoms with Crippen molar-refractivity contribution in [3.05, 3.63) is 70.9 Å². The fraction of sp³-hybridized carbons (Fsp3) is 0.182. The molecule has 0 spiro atoms. The Hall–Kier alpha value is -3.77. The number of nitrogens with one attached hydrogen (secondary N) is 1. The van der Waals surface area contributed by atoms with Crippen LogP contribution in [0.1, 0.15) is 22.3 Å². The van der Waals surface area contributed by atoms with Crippen LogP contribution in [0, 0.1) is 32.1 Å². The summed E-state index contributed by atoms with van der Waals surface area (Å²) in [5.74, 6) is -1.02. The molecule has 2 aromatic carbocycles. The van der Waals surface area contributed by atoms with Gasteiger partial charge < -0.3 is 10.1 Å². The molecule has 8 nitrogen and oxygen atoms in total. The van der Waals surface area contributed by atoms with Crippen LogP contribution in [0.5, 0.6) is 11.6 Å². The Kier molecular flexibility index (Phi) is 6.32. The number of nitrogens with zero attached hydrogens (tertiary/aromatic N) is 3. The average molecular weight is 436 g/mol.